The summed E-state index contributed by atoms with van der Waals surface area (Å²) in [5.74, 6) is 0.394. The van der Waals surface area contributed by atoms with E-state index in [9.17, 15) is 4.79 Å². The van der Waals surface area contributed by atoms with Crippen LogP contribution in [0.25, 0.3) is 0 Å². The quantitative estimate of drug-likeness (QED) is 0.891. The lowest BCUT2D eigenvalue weighted by molar-refractivity contribution is 0.0859. The van der Waals surface area contributed by atoms with Crippen molar-refractivity contribution in [2.45, 2.75) is 25.7 Å². The van der Waals surface area contributed by atoms with Gasteiger partial charge in [-0.2, -0.15) is 0 Å². The van der Waals surface area contributed by atoms with Crippen molar-refractivity contribution >= 4 is 5.91 Å². The molecule has 0 spiro atoms. The highest BCUT2D eigenvalue weighted by molar-refractivity contribution is 5.94. The smallest absolute Gasteiger partial charge is 0.251 e. The molecule has 0 unspecified atom stereocenters. The van der Waals surface area contributed by atoms with Gasteiger partial charge < -0.3 is 10.1 Å². The SMILES string of the molecule is COc1cc(C(=O)NCC2(Cc3ccccc3)CCC2)ccn1. The van der Waals surface area contributed by atoms with Gasteiger partial charge in [-0.3, -0.25) is 4.79 Å². The van der Waals surface area contributed by atoms with Crippen molar-refractivity contribution in [1.82, 2.24) is 10.3 Å². The summed E-state index contributed by atoms with van der Waals surface area (Å²) >= 11 is 0. The lowest BCUT2D eigenvalue weighted by Gasteiger charge is -2.42. The van der Waals surface area contributed by atoms with Gasteiger partial charge in [0.1, 0.15) is 0 Å². The fraction of sp³-hybridized carbons (Fsp3) is 0.368. The molecule has 0 atom stereocenters. The summed E-state index contributed by atoms with van der Waals surface area (Å²) in [4.78, 5) is 16.4. The average Bonchev–Trinajstić information content (AvgIpc) is 2.57. The van der Waals surface area contributed by atoms with Gasteiger partial charge in [0, 0.05) is 24.4 Å². The Bertz CT molecular complexity index is 666. The van der Waals surface area contributed by atoms with E-state index >= 15 is 0 Å². The maximum atomic E-state index is 12.4. The second-order valence-electron chi connectivity index (χ2n) is 6.29. The van der Waals surface area contributed by atoms with Crippen LogP contribution in [0.1, 0.15) is 35.2 Å². The number of methoxy groups -OCH3 is 1. The first-order chi connectivity index (χ1) is 11.2. The molecular weight excluding hydrogens is 288 g/mol. The van der Waals surface area contributed by atoms with E-state index in [1.165, 1.54) is 24.8 Å². The number of nitrogens with zero attached hydrogens (tertiary/aromatic N) is 1. The van der Waals surface area contributed by atoms with Crippen molar-refractivity contribution in [2.75, 3.05) is 13.7 Å². The van der Waals surface area contributed by atoms with Crippen molar-refractivity contribution in [3.63, 3.8) is 0 Å². The van der Waals surface area contributed by atoms with E-state index < -0.39 is 0 Å². The van der Waals surface area contributed by atoms with Crippen molar-refractivity contribution in [3.05, 3.63) is 59.8 Å². The third-order valence-electron chi connectivity index (χ3n) is 4.67. The standard InChI is InChI=1S/C19H22N2O2/c1-23-17-12-16(8-11-20-17)18(22)21-14-19(9-5-10-19)13-15-6-3-2-4-7-15/h2-4,6-8,11-12H,5,9-10,13-14H2,1H3,(H,21,22). The van der Waals surface area contributed by atoms with E-state index in [0.717, 1.165) is 6.42 Å². The van der Waals surface area contributed by atoms with Gasteiger partial charge in [-0.15, -0.1) is 0 Å². The molecule has 2 aromatic rings. The molecule has 0 radical (unpaired) electrons. The van der Waals surface area contributed by atoms with Gasteiger partial charge in [0.05, 0.1) is 7.11 Å². The summed E-state index contributed by atoms with van der Waals surface area (Å²) in [6, 6.07) is 13.9. The molecule has 0 bridgehead atoms. The zero-order chi connectivity index (χ0) is 16.1. The molecule has 1 aromatic carbocycles. The van der Waals surface area contributed by atoms with E-state index in [4.69, 9.17) is 4.74 Å². The normalized spacial score (nSPS) is 15.5. The molecular formula is C19H22N2O2. The number of carbonyl (C=O) groups is 1. The van der Waals surface area contributed by atoms with Gasteiger partial charge in [-0.1, -0.05) is 36.8 Å². The van der Waals surface area contributed by atoms with Crippen molar-refractivity contribution in [1.29, 1.82) is 0 Å². The van der Waals surface area contributed by atoms with Crippen LogP contribution in [-0.4, -0.2) is 24.5 Å². The van der Waals surface area contributed by atoms with Crippen LogP contribution in [0.3, 0.4) is 0 Å². The van der Waals surface area contributed by atoms with E-state index in [2.05, 4.69) is 34.6 Å². The summed E-state index contributed by atoms with van der Waals surface area (Å²) in [6.07, 6.45) is 6.19. The second-order valence-corrected chi connectivity index (χ2v) is 6.29. The van der Waals surface area contributed by atoms with Crippen LogP contribution in [-0.2, 0) is 6.42 Å². The Hall–Kier alpha value is -2.36. The molecule has 1 N–H and O–H groups in total. The Labute approximate surface area is 136 Å². The number of aromatic nitrogens is 1. The number of hydrogen-bond acceptors (Lipinski definition) is 3. The highest BCUT2D eigenvalue weighted by atomic mass is 16.5. The number of carbonyl (C=O) groups excluding carboxylic acids is 1. The molecule has 1 aliphatic rings. The highest BCUT2D eigenvalue weighted by Crippen LogP contribution is 2.43. The topological polar surface area (TPSA) is 51.2 Å². The van der Waals surface area contributed by atoms with Crippen LogP contribution in [0.4, 0.5) is 0 Å². The number of amides is 1. The van der Waals surface area contributed by atoms with Crippen molar-refractivity contribution < 1.29 is 9.53 Å². The fourth-order valence-electron chi connectivity index (χ4n) is 3.15. The summed E-state index contributed by atoms with van der Waals surface area (Å²) in [5, 5.41) is 3.09. The summed E-state index contributed by atoms with van der Waals surface area (Å²) in [5.41, 5.74) is 2.13. The largest absolute Gasteiger partial charge is 0.481 e. The first-order valence-electron chi connectivity index (χ1n) is 8.03. The molecule has 4 heteroatoms. The Kier molecular flexibility index (Phi) is 4.60. The third kappa shape index (κ3) is 3.70. The minimum absolute atomic E-state index is 0.0648. The molecule has 0 saturated heterocycles. The summed E-state index contributed by atoms with van der Waals surface area (Å²) in [7, 11) is 1.55. The van der Waals surface area contributed by atoms with Gasteiger partial charge >= 0.3 is 0 Å². The lowest BCUT2D eigenvalue weighted by Crippen LogP contribution is -2.43. The Morgan fingerprint density at radius 1 is 1.26 bits per heavy atom. The van der Waals surface area contributed by atoms with Crippen LogP contribution in [0.15, 0.2) is 48.7 Å². The van der Waals surface area contributed by atoms with Crippen LogP contribution in [0, 0.1) is 5.41 Å². The molecule has 0 aliphatic heterocycles. The van der Waals surface area contributed by atoms with Gasteiger partial charge in [0.25, 0.3) is 5.91 Å². The monoisotopic (exact) mass is 310 g/mol. The minimum atomic E-state index is -0.0648. The number of nitrogens with one attached hydrogen (secondary N) is 1. The summed E-state index contributed by atoms with van der Waals surface area (Å²) < 4.78 is 5.07. The zero-order valence-electron chi connectivity index (χ0n) is 13.4. The minimum Gasteiger partial charge on any atom is -0.481 e. The predicted molar refractivity (Wildman–Crippen MR) is 89.6 cm³/mol. The van der Waals surface area contributed by atoms with Crippen LogP contribution in [0.5, 0.6) is 5.88 Å². The number of ether oxygens (including phenoxy) is 1. The highest BCUT2D eigenvalue weighted by Gasteiger charge is 2.37. The van der Waals surface area contributed by atoms with Gasteiger partial charge in [-0.25, -0.2) is 4.98 Å². The number of benzene rings is 1. The zero-order valence-corrected chi connectivity index (χ0v) is 13.4. The maximum absolute atomic E-state index is 12.4. The Balaban J connectivity index is 1.62. The summed E-state index contributed by atoms with van der Waals surface area (Å²) in [6.45, 7) is 0.714. The van der Waals surface area contributed by atoms with Crippen LogP contribution < -0.4 is 10.1 Å². The first-order valence-corrected chi connectivity index (χ1v) is 8.03. The van der Waals surface area contributed by atoms with Gasteiger partial charge in [0.2, 0.25) is 5.88 Å². The number of pyridine rings is 1. The van der Waals surface area contributed by atoms with E-state index in [1.807, 2.05) is 6.07 Å². The third-order valence-corrected chi connectivity index (χ3v) is 4.67. The maximum Gasteiger partial charge on any atom is 0.251 e. The average molecular weight is 310 g/mol. The van der Waals surface area contributed by atoms with Crippen LogP contribution in [0.2, 0.25) is 0 Å². The van der Waals surface area contributed by atoms with Crippen molar-refractivity contribution in [2.24, 2.45) is 5.41 Å². The molecule has 120 valence electrons. The molecule has 1 aliphatic carbocycles. The number of hydrogen-bond donors (Lipinski definition) is 1. The molecule has 3 rings (SSSR count). The molecule has 4 nitrogen and oxygen atoms in total. The fourth-order valence-corrected chi connectivity index (χ4v) is 3.15. The molecule has 1 amide bonds. The van der Waals surface area contributed by atoms with E-state index in [0.29, 0.717) is 18.0 Å². The van der Waals surface area contributed by atoms with Gasteiger partial charge in [-0.05, 0) is 36.3 Å². The predicted octanol–water partition coefficient (Wildman–Crippen LogP) is 3.23. The Morgan fingerprint density at radius 3 is 2.70 bits per heavy atom. The van der Waals surface area contributed by atoms with Gasteiger partial charge in [0.15, 0.2) is 0 Å². The number of rotatable bonds is 6. The second kappa shape index (κ2) is 6.82. The van der Waals surface area contributed by atoms with E-state index in [1.54, 1.807) is 25.4 Å². The molecule has 1 saturated carbocycles. The Morgan fingerprint density at radius 2 is 2.04 bits per heavy atom. The first kappa shape index (κ1) is 15.5. The van der Waals surface area contributed by atoms with Crippen LogP contribution >= 0.6 is 0 Å². The molecule has 1 fully saturated rings. The van der Waals surface area contributed by atoms with Crippen molar-refractivity contribution in [3.8, 4) is 5.88 Å². The molecule has 23 heavy (non-hydrogen) atoms. The molecule has 1 heterocycles. The molecule has 1 aromatic heterocycles. The lowest BCUT2D eigenvalue weighted by atomic mass is 9.65. The van der Waals surface area contributed by atoms with E-state index in [-0.39, 0.29) is 11.3 Å².